The van der Waals surface area contributed by atoms with E-state index in [-0.39, 0.29) is 24.5 Å². The molecule has 2 aromatic carbocycles. The Kier molecular flexibility index (Phi) is 6.22. The van der Waals surface area contributed by atoms with Gasteiger partial charge in [0.15, 0.2) is 0 Å². The van der Waals surface area contributed by atoms with Crippen LogP contribution in [0.2, 0.25) is 0 Å². The molecule has 0 radical (unpaired) electrons. The van der Waals surface area contributed by atoms with E-state index in [0.717, 1.165) is 11.8 Å². The summed E-state index contributed by atoms with van der Waals surface area (Å²) in [7, 11) is -3.95. The van der Waals surface area contributed by atoms with Gasteiger partial charge < -0.3 is 14.3 Å². The molecule has 2 heterocycles. The molecule has 0 saturated heterocycles. The summed E-state index contributed by atoms with van der Waals surface area (Å²) in [5, 5.41) is 0. The number of carbonyl (C=O) groups is 3. The summed E-state index contributed by atoms with van der Waals surface area (Å²) in [5.74, 6) is -3.42. The second kappa shape index (κ2) is 9.13. The van der Waals surface area contributed by atoms with Crippen molar-refractivity contribution in [2.24, 2.45) is 17.8 Å². The zero-order valence-electron chi connectivity index (χ0n) is 21.0. The standard InChI is InChI=1S/C28H29NO7S/c1-4-35-26(31)24-18(3)25-20(13-15-29(25)37(33,34)19-11-9-17(2)10-12-19)21(14-16-30)28(24)22-7-5-6-8-23(22)36-27(28)32/h5-12,16,18,21,24H,4,13-15H2,1-3H3/t18-,21-,24+,28+/m0/s1. The Bertz CT molecular complexity index is 1410. The topological polar surface area (TPSA) is 107 Å². The van der Waals surface area contributed by atoms with Crippen LogP contribution in [0.4, 0.5) is 0 Å². The molecule has 0 aromatic heterocycles. The SMILES string of the molecule is CCOC(=O)[C@H]1[C@H](C)C2=C(CCN2S(=O)(=O)c2ccc(C)cc2)[C@H](CC=O)[C@]12C(=O)Oc1ccccc12. The highest BCUT2D eigenvalue weighted by Crippen LogP contribution is 2.61. The first kappa shape index (κ1) is 25.2. The number of aryl methyl sites for hydroxylation is 1. The lowest BCUT2D eigenvalue weighted by molar-refractivity contribution is -0.162. The molecule has 0 unspecified atom stereocenters. The Morgan fingerprint density at radius 3 is 2.57 bits per heavy atom. The van der Waals surface area contributed by atoms with Gasteiger partial charge in [0.05, 0.1) is 17.4 Å². The van der Waals surface area contributed by atoms with Gasteiger partial charge in [-0.1, -0.05) is 42.8 Å². The maximum absolute atomic E-state index is 13.8. The number of esters is 2. The van der Waals surface area contributed by atoms with Crippen LogP contribution in [0.15, 0.2) is 64.7 Å². The van der Waals surface area contributed by atoms with E-state index in [4.69, 9.17) is 9.47 Å². The molecule has 0 bridgehead atoms. The number of hydrogen-bond acceptors (Lipinski definition) is 7. The Morgan fingerprint density at radius 1 is 1.19 bits per heavy atom. The van der Waals surface area contributed by atoms with E-state index in [9.17, 15) is 22.8 Å². The van der Waals surface area contributed by atoms with Gasteiger partial charge in [-0.3, -0.25) is 13.9 Å². The first-order valence-corrected chi connectivity index (χ1v) is 13.9. The maximum atomic E-state index is 13.8. The van der Waals surface area contributed by atoms with Crippen molar-refractivity contribution < 1.29 is 32.3 Å². The van der Waals surface area contributed by atoms with Crippen molar-refractivity contribution in [1.82, 2.24) is 4.31 Å². The smallest absolute Gasteiger partial charge is 0.323 e. The van der Waals surface area contributed by atoms with Gasteiger partial charge in [-0.15, -0.1) is 0 Å². The van der Waals surface area contributed by atoms with Crippen molar-refractivity contribution in [3.63, 3.8) is 0 Å². The summed E-state index contributed by atoms with van der Waals surface area (Å²) in [6.07, 6.45) is 1.000. The third-order valence-electron chi connectivity index (χ3n) is 7.93. The molecule has 9 heteroatoms. The number of benzene rings is 2. The third-order valence-corrected chi connectivity index (χ3v) is 9.76. The number of aldehydes is 1. The summed E-state index contributed by atoms with van der Waals surface area (Å²) < 4.78 is 40.1. The summed E-state index contributed by atoms with van der Waals surface area (Å²) in [6.45, 7) is 5.55. The van der Waals surface area contributed by atoms with Crippen LogP contribution in [-0.4, -0.2) is 44.1 Å². The number of hydrogen-bond donors (Lipinski definition) is 0. The molecular formula is C28H29NO7S. The average Bonchev–Trinajstić information content (AvgIpc) is 3.43. The summed E-state index contributed by atoms with van der Waals surface area (Å²) in [4.78, 5) is 39.6. The zero-order valence-corrected chi connectivity index (χ0v) is 21.8. The molecule has 0 fully saturated rings. The number of ether oxygens (including phenoxy) is 2. The predicted octanol–water partition coefficient (Wildman–Crippen LogP) is 3.53. The molecule has 194 valence electrons. The second-order valence-corrected chi connectivity index (χ2v) is 11.6. The molecule has 4 atom stereocenters. The highest BCUT2D eigenvalue weighted by molar-refractivity contribution is 7.89. The molecular weight excluding hydrogens is 494 g/mol. The monoisotopic (exact) mass is 523 g/mol. The van der Waals surface area contributed by atoms with Gasteiger partial charge >= 0.3 is 11.9 Å². The lowest BCUT2D eigenvalue weighted by atomic mass is 9.53. The minimum Gasteiger partial charge on any atom is -0.466 e. The van der Waals surface area contributed by atoms with Crippen molar-refractivity contribution in [3.05, 3.63) is 70.9 Å². The van der Waals surface area contributed by atoms with Crippen LogP contribution in [0.5, 0.6) is 5.75 Å². The van der Waals surface area contributed by atoms with Gasteiger partial charge in [0, 0.05) is 36.1 Å². The van der Waals surface area contributed by atoms with Gasteiger partial charge in [-0.2, -0.15) is 0 Å². The van der Waals surface area contributed by atoms with Crippen LogP contribution in [0.25, 0.3) is 0 Å². The molecule has 0 saturated carbocycles. The largest absolute Gasteiger partial charge is 0.466 e. The van der Waals surface area contributed by atoms with Crippen LogP contribution >= 0.6 is 0 Å². The number of sulfonamides is 1. The van der Waals surface area contributed by atoms with E-state index in [1.54, 1.807) is 62.4 Å². The van der Waals surface area contributed by atoms with Crippen LogP contribution < -0.4 is 4.74 Å². The Balaban J connectivity index is 1.75. The molecule has 0 N–H and O–H groups in total. The van der Waals surface area contributed by atoms with Crippen LogP contribution in [0.3, 0.4) is 0 Å². The van der Waals surface area contributed by atoms with Gasteiger partial charge in [0.2, 0.25) is 0 Å². The minimum absolute atomic E-state index is 0.0662. The quantitative estimate of drug-likeness (QED) is 0.324. The van der Waals surface area contributed by atoms with E-state index < -0.39 is 45.1 Å². The number of nitrogens with zero attached hydrogens (tertiary/aromatic N) is 1. The molecule has 37 heavy (non-hydrogen) atoms. The first-order valence-electron chi connectivity index (χ1n) is 12.4. The molecule has 2 aromatic rings. The Hall–Kier alpha value is -3.46. The van der Waals surface area contributed by atoms with Gasteiger partial charge in [0.25, 0.3) is 10.0 Å². The van der Waals surface area contributed by atoms with Crippen molar-refractivity contribution in [1.29, 1.82) is 0 Å². The van der Waals surface area contributed by atoms with E-state index in [2.05, 4.69) is 0 Å². The predicted molar refractivity (Wildman–Crippen MR) is 134 cm³/mol. The highest BCUT2D eigenvalue weighted by Gasteiger charge is 2.67. The molecule has 2 aliphatic heterocycles. The molecule has 3 aliphatic rings. The van der Waals surface area contributed by atoms with E-state index >= 15 is 0 Å². The van der Waals surface area contributed by atoms with Gasteiger partial charge in [0.1, 0.15) is 17.5 Å². The minimum atomic E-state index is -3.95. The Labute approximate surface area is 216 Å². The van der Waals surface area contributed by atoms with Crippen LogP contribution in [0.1, 0.15) is 37.8 Å². The number of fused-ring (bicyclic) bond motifs is 2. The number of allylic oxidation sites excluding steroid dienone is 1. The van der Waals surface area contributed by atoms with Crippen LogP contribution in [0, 0.1) is 24.7 Å². The van der Waals surface area contributed by atoms with Crippen molar-refractivity contribution in [2.75, 3.05) is 13.2 Å². The Morgan fingerprint density at radius 2 is 1.89 bits per heavy atom. The van der Waals surface area contributed by atoms with E-state index in [0.29, 0.717) is 29.0 Å². The van der Waals surface area contributed by atoms with Gasteiger partial charge in [-0.25, -0.2) is 8.42 Å². The average molecular weight is 524 g/mol. The fourth-order valence-corrected chi connectivity index (χ4v) is 8.11. The lowest BCUT2D eigenvalue weighted by Gasteiger charge is -2.47. The molecule has 8 nitrogen and oxygen atoms in total. The fraction of sp³-hybridized carbons (Fsp3) is 0.393. The normalized spacial score (nSPS) is 26.6. The summed E-state index contributed by atoms with van der Waals surface area (Å²) >= 11 is 0. The third kappa shape index (κ3) is 3.54. The summed E-state index contributed by atoms with van der Waals surface area (Å²) in [6, 6.07) is 13.5. The van der Waals surface area contributed by atoms with Crippen molar-refractivity contribution in [3.8, 4) is 5.75 Å². The van der Waals surface area contributed by atoms with Gasteiger partial charge in [-0.05, 0) is 44.0 Å². The zero-order chi connectivity index (χ0) is 26.5. The number of para-hydroxylation sites is 1. The van der Waals surface area contributed by atoms with E-state index in [1.807, 2.05) is 6.92 Å². The van der Waals surface area contributed by atoms with Crippen molar-refractivity contribution in [2.45, 2.75) is 43.9 Å². The lowest BCUT2D eigenvalue weighted by Crippen LogP contribution is -2.57. The van der Waals surface area contributed by atoms with Crippen LogP contribution in [-0.2, 0) is 34.6 Å². The fourth-order valence-electron chi connectivity index (χ4n) is 6.50. The highest BCUT2D eigenvalue weighted by atomic mass is 32.2. The van der Waals surface area contributed by atoms with E-state index in [1.165, 1.54) is 4.31 Å². The molecule has 1 aliphatic carbocycles. The van der Waals surface area contributed by atoms with Crippen molar-refractivity contribution >= 4 is 28.2 Å². The second-order valence-electron chi connectivity index (χ2n) is 9.78. The summed E-state index contributed by atoms with van der Waals surface area (Å²) in [5.41, 5.74) is 1.13. The number of carbonyl (C=O) groups excluding carboxylic acids is 3. The number of rotatable bonds is 6. The molecule has 5 rings (SSSR count). The first-order chi connectivity index (χ1) is 17.7. The molecule has 1 spiro atoms. The maximum Gasteiger partial charge on any atom is 0.323 e. The molecule has 0 amide bonds.